The van der Waals surface area contributed by atoms with Crippen molar-refractivity contribution in [2.24, 2.45) is 5.41 Å². The van der Waals surface area contributed by atoms with Crippen molar-refractivity contribution < 1.29 is 0 Å². The molecule has 0 aromatic heterocycles. The van der Waals surface area contributed by atoms with Gasteiger partial charge in [-0.2, -0.15) is 0 Å². The van der Waals surface area contributed by atoms with E-state index in [0.29, 0.717) is 0 Å². The molecule has 98 valence electrons. The van der Waals surface area contributed by atoms with Crippen LogP contribution in [0.5, 0.6) is 0 Å². The van der Waals surface area contributed by atoms with Crippen LogP contribution in [0.15, 0.2) is 23.9 Å². The minimum absolute atomic E-state index is 0.186. The molecule has 0 aromatic carbocycles. The second kappa shape index (κ2) is 5.01. The Balaban J connectivity index is 2.94. The van der Waals surface area contributed by atoms with E-state index in [1.165, 1.54) is 5.70 Å². The van der Waals surface area contributed by atoms with Gasteiger partial charge in [-0.15, -0.1) is 0 Å². The summed E-state index contributed by atoms with van der Waals surface area (Å²) in [5.74, 6) is 0. The van der Waals surface area contributed by atoms with E-state index in [1.54, 1.807) is 0 Å². The molecule has 0 fully saturated rings. The van der Waals surface area contributed by atoms with Crippen LogP contribution >= 0.6 is 0 Å². The quantitative estimate of drug-likeness (QED) is 0.742. The van der Waals surface area contributed by atoms with Gasteiger partial charge in [0, 0.05) is 26.5 Å². The fraction of sp³-hybridized carbons (Fsp3) is 0.733. The van der Waals surface area contributed by atoms with Crippen molar-refractivity contribution in [3.05, 3.63) is 23.9 Å². The maximum atomic E-state index is 3.85. The van der Waals surface area contributed by atoms with E-state index in [2.05, 4.69) is 71.3 Å². The summed E-state index contributed by atoms with van der Waals surface area (Å²) in [4.78, 5) is 0. The zero-order chi connectivity index (χ0) is 13.3. The number of hydrogen-bond acceptors (Lipinski definition) is 1. The molecule has 0 spiro atoms. The molecule has 1 nitrogen and oxygen atoms in total. The van der Waals surface area contributed by atoms with Gasteiger partial charge >= 0.3 is 0 Å². The van der Waals surface area contributed by atoms with E-state index in [9.17, 15) is 0 Å². The zero-order valence-electron chi connectivity index (χ0n) is 12.6. The molecule has 0 bridgehead atoms. The molecule has 0 aliphatic heterocycles. The summed E-state index contributed by atoms with van der Waals surface area (Å²) in [5.41, 5.74) is 2.60. The number of hydrogen-bond donors (Lipinski definition) is 1. The smallest absolute Gasteiger partial charge is 0.0390 e. The molecule has 17 heavy (non-hydrogen) atoms. The third-order valence-electron chi connectivity index (χ3n) is 4.66. The molecule has 0 heterocycles. The first-order chi connectivity index (χ1) is 7.68. The van der Waals surface area contributed by atoms with Crippen molar-refractivity contribution in [3.8, 4) is 0 Å². The van der Waals surface area contributed by atoms with Crippen LogP contribution in [-0.2, 0) is 0 Å². The Kier molecular flexibility index (Phi) is 4.29. The summed E-state index contributed by atoms with van der Waals surface area (Å²) >= 11 is 0. The van der Waals surface area contributed by atoms with Crippen LogP contribution < -0.4 is 5.32 Å². The molecule has 1 N–H and O–H groups in total. The second-order valence-corrected chi connectivity index (χ2v) is 10.4. The van der Waals surface area contributed by atoms with Crippen molar-refractivity contribution in [2.75, 3.05) is 0 Å². The molecule has 0 aromatic rings. The van der Waals surface area contributed by atoms with Gasteiger partial charge in [-0.3, -0.25) is 0 Å². The maximum absolute atomic E-state index is 3.85. The Morgan fingerprint density at radius 1 is 1.24 bits per heavy atom. The van der Waals surface area contributed by atoms with E-state index in [4.69, 9.17) is 0 Å². The van der Waals surface area contributed by atoms with Gasteiger partial charge < -0.3 is 5.32 Å². The van der Waals surface area contributed by atoms with E-state index in [0.717, 1.165) is 12.0 Å². The average molecular weight is 251 g/mol. The predicted octanol–water partition coefficient (Wildman–Crippen LogP) is 4.10. The lowest BCUT2D eigenvalue weighted by atomic mass is 9.72. The van der Waals surface area contributed by atoms with Crippen LogP contribution in [0.3, 0.4) is 0 Å². The lowest BCUT2D eigenvalue weighted by Gasteiger charge is -2.49. The predicted molar refractivity (Wildman–Crippen MR) is 81.1 cm³/mol. The van der Waals surface area contributed by atoms with Crippen molar-refractivity contribution >= 4 is 8.80 Å². The summed E-state index contributed by atoms with van der Waals surface area (Å²) in [6, 6.07) is 0. The molecule has 2 atom stereocenters. The number of rotatable bonds is 4. The van der Waals surface area contributed by atoms with Gasteiger partial charge in [-0.25, -0.2) is 0 Å². The SMILES string of the molecule is CC([SiH](C)C)C(C)(NC1=CC=CC1)C(C)(C)C. The largest absolute Gasteiger partial charge is 0.382 e. The van der Waals surface area contributed by atoms with Gasteiger partial charge in [0.15, 0.2) is 0 Å². The molecular weight excluding hydrogens is 222 g/mol. The monoisotopic (exact) mass is 251 g/mol. The Morgan fingerprint density at radius 3 is 2.18 bits per heavy atom. The Labute approximate surface area is 109 Å². The maximum Gasteiger partial charge on any atom is 0.0390 e. The van der Waals surface area contributed by atoms with Crippen LogP contribution in [-0.4, -0.2) is 14.3 Å². The van der Waals surface area contributed by atoms with E-state index < -0.39 is 8.80 Å². The summed E-state index contributed by atoms with van der Waals surface area (Å²) < 4.78 is 0. The fourth-order valence-electron chi connectivity index (χ4n) is 2.52. The molecule has 0 radical (unpaired) electrons. The Bertz CT molecular complexity index is 322. The standard InChI is InChI=1S/C15H29NSi/c1-12(17(6)7)15(5,14(2,3)4)16-13-10-8-9-11-13/h8-10,12,16-17H,11H2,1-7H3. The van der Waals surface area contributed by atoms with Crippen molar-refractivity contribution in [1.82, 2.24) is 5.32 Å². The molecular formula is C15H29NSi. The van der Waals surface area contributed by atoms with Crippen LogP contribution in [0.4, 0.5) is 0 Å². The topological polar surface area (TPSA) is 12.0 Å². The minimum Gasteiger partial charge on any atom is -0.382 e. The van der Waals surface area contributed by atoms with E-state index >= 15 is 0 Å². The first-order valence-corrected chi connectivity index (χ1v) is 9.80. The number of nitrogens with one attached hydrogen (secondary N) is 1. The van der Waals surface area contributed by atoms with Gasteiger partial charge in [0.25, 0.3) is 0 Å². The first kappa shape index (κ1) is 14.6. The van der Waals surface area contributed by atoms with Crippen LogP contribution in [0.1, 0.15) is 41.0 Å². The highest BCUT2D eigenvalue weighted by atomic mass is 28.3. The number of allylic oxidation sites excluding steroid dienone is 3. The molecule has 1 aliphatic rings. The van der Waals surface area contributed by atoms with E-state index in [-0.39, 0.29) is 11.0 Å². The first-order valence-electron chi connectivity index (χ1n) is 6.82. The molecule has 0 saturated heterocycles. The van der Waals surface area contributed by atoms with Crippen LogP contribution in [0.25, 0.3) is 0 Å². The van der Waals surface area contributed by atoms with Crippen LogP contribution in [0, 0.1) is 5.41 Å². The molecule has 2 unspecified atom stereocenters. The van der Waals surface area contributed by atoms with Gasteiger partial charge in [0.05, 0.1) is 0 Å². The van der Waals surface area contributed by atoms with Crippen molar-refractivity contribution in [1.29, 1.82) is 0 Å². The zero-order valence-corrected chi connectivity index (χ0v) is 13.7. The highest BCUT2D eigenvalue weighted by Crippen LogP contribution is 2.42. The third kappa shape index (κ3) is 3.04. The molecule has 1 rings (SSSR count). The highest BCUT2D eigenvalue weighted by molar-refractivity contribution is 6.57. The minimum atomic E-state index is -0.660. The van der Waals surface area contributed by atoms with Crippen molar-refractivity contribution in [2.45, 2.75) is 65.2 Å². The summed E-state index contributed by atoms with van der Waals surface area (Å²) in [6.45, 7) is 16.8. The van der Waals surface area contributed by atoms with Gasteiger partial charge in [-0.05, 0) is 24.0 Å². The Morgan fingerprint density at radius 2 is 1.82 bits per heavy atom. The molecule has 0 saturated carbocycles. The third-order valence-corrected chi connectivity index (χ3v) is 7.33. The lowest BCUT2D eigenvalue weighted by Crippen LogP contribution is -2.56. The molecule has 2 heteroatoms. The average Bonchev–Trinajstić information content (AvgIpc) is 2.67. The van der Waals surface area contributed by atoms with Gasteiger partial charge in [-0.1, -0.05) is 52.9 Å². The molecule has 1 aliphatic carbocycles. The summed E-state index contributed by atoms with van der Waals surface area (Å²) in [6.07, 6.45) is 7.67. The van der Waals surface area contributed by atoms with E-state index in [1.807, 2.05) is 0 Å². The molecule has 0 amide bonds. The fourth-order valence-corrected chi connectivity index (χ4v) is 4.44. The van der Waals surface area contributed by atoms with Gasteiger partial charge in [0.1, 0.15) is 0 Å². The van der Waals surface area contributed by atoms with Crippen molar-refractivity contribution in [3.63, 3.8) is 0 Å². The summed E-state index contributed by atoms with van der Waals surface area (Å²) in [5, 5.41) is 3.85. The van der Waals surface area contributed by atoms with Crippen LogP contribution in [0.2, 0.25) is 18.6 Å². The van der Waals surface area contributed by atoms with Gasteiger partial charge in [0.2, 0.25) is 0 Å². The highest BCUT2D eigenvalue weighted by Gasteiger charge is 2.43. The lowest BCUT2D eigenvalue weighted by molar-refractivity contribution is 0.162. The Hall–Kier alpha value is -0.503. The normalized spacial score (nSPS) is 21.3. The summed E-state index contributed by atoms with van der Waals surface area (Å²) in [7, 11) is -0.660. The second-order valence-electron chi connectivity index (χ2n) is 6.93.